The molecule has 2 N–H and O–H groups in total. The van der Waals surface area contributed by atoms with Crippen LogP contribution in [0.4, 0.5) is 0 Å². The zero-order valence-corrected chi connectivity index (χ0v) is 29.0. The zero-order chi connectivity index (χ0) is 33.2. The lowest BCUT2D eigenvalue weighted by molar-refractivity contribution is -0.133. The first-order valence-corrected chi connectivity index (χ1v) is 17.0. The molecule has 9 heteroatoms. The van der Waals surface area contributed by atoms with Gasteiger partial charge in [-0.1, -0.05) is 108 Å². The molecule has 2 heterocycles. The number of H-pyrrole nitrogens is 2. The van der Waals surface area contributed by atoms with Crippen molar-refractivity contribution < 1.29 is 9.59 Å². The Balaban J connectivity index is 1.42. The van der Waals surface area contributed by atoms with E-state index in [4.69, 9.17) is 11.6 Å². The predicted molar refractivity (Wildman–Crippen MR) is 187 cm³/mol. The number of unbranched alkanes of at least 4 members (excludes halogenated alkanes) is 1. The van der Waals surface area contributed by atoms with Crippen molar-refractivity contribution in [2.45, 2.75) is 86.7 Å². The van der Waals surface area contributed by atoms with E-state index in [-0.39, 0.29) is 11.8 Å². The second kappa shape index (κ2) is 16.6. The molecule has 246 valence electrons. The smallest absolute Gasteiger partial charge is 0.223 e. The largest absolute Gasteiger partial charge is 0.341 e. The van der Waals surface area contributed by atoms with E-state index in [1.54, 1.807) is 0 Å². The molecule has 0 saturated carbocycles. The summed E-state index contributed by atoms with van der Waals surface area (Å²) < 4.78 is 0. The Hall–Kier alpha value is -3.91. The molecule has 0 fully saturated rings. The molecule has 0 aliphatic carbocycles. The summed E-state index contributed by atoms with van der Waals surface area (Å²) in [6, 6.07) is 16.6. The van der Waals surface area contributed by atoms with Crippen LogP contribution in [0.3, 0.4) is 0 Å². The van der Waals surface area contributed by atoms with Crippen molar-refractivity contribution in [1.82, 2.24) is 29.7 Å². The molecule has 0 radical (unpaired) electrons. The number of carbonyl (C=O) groups is 2. The summed E-state index contributed by atoms with van der Waals surface area (Å²) in [4.78, 5) is 45.2. The van der Waals surface area contributed by atoms with E-state index < -0.39 is 0 Å². The number of amides is 2. The minimum atomic E-state index is 0.136. The Bertz CT molecular complexity index is 1560. The van der Waals surface area contributed by atoms with Crippen LogP contribution in [0.1, 0.15) is 85.3 Å². The van der Waals surface area contributed by atoms with Crippen molar-refractivity contribution in [1.29, 1.82) is 0 Å². The molecule has 2 amide bonds. The number of imidazole rings is 2. The first kappa shape index (κ1) is 35.0. The van der Waals surface area contributed by atoms with Crippen molar-refractivity contribution >= 4 is 23.4 Å². The molecule has 0 spiro atoms. The quantitative estimate of drug-likeness (QED) is 0.127. The summed E-state index contributed by atoms with van der Waals surface area (Å²) in [7, 11) is 0. The van der Waals surface area contributed by atoms with E-state index in [1.807, 2.05) is 28.1 Å². The van der Waals surface area contributed by atoms with Crippen LogP contribution in [0.25, 0.3) is 33.6 Å². The van der Waals surface area contributed by atoms with E-state index in [1.165, 1.54) is 0 Å². The van der Waals surface area contributed by atoms with Gasteiger partial charge in [-0.05, 0) is 41.4 Å². The molecule has 4 rings (SSSR count). The molecule has 46 heavy (non-hydrogen) atoms. The van der Waals surface area contributed by atoms with Crippen molar-refractivity contribution in [2.75, 3.05) is 13.1 Å². The molecule has 0 atom stereocenters. The predicted octanol–water partition coefficient (Wildman–Crippen LogP) is 8.75. The van der Waals surface area contributed by atoms with Crippen LogP contribution in [0.2, 0.25) is 5.15 Å². The van der Waals surface area contributed by atoms with Gasteiger partial charge in [-0.25, -0.2) is 9.97 Å². The van der Waals surface area contributed by atoms with Crippen LogP contribution in [0.15, 0.2) is 54.7 Å². The van der Waals surface area contributed by atoms with Crippen molar-refractivity contribution in [3.05, 3.63) is 71.5 Å². The molecular weight excluding hydrogens is 596 g/mol. The van der Waals surface area contributed by atoms with Crippen molar-refractivity contribution in [2.24, 2.45) is 11.8 Å². The third kappa shape index (κ3) is 9.55. The monoisotopic (exact) mass is 644 g/mol. The number of nitrogens with one attached hydrogen (secondary N) is 2. The number of rotatable bonds is 16. The summed E-state index contributed by atoms with van der Waals surface area (Å²) in [6.45, 7) is 14.8. The van der Waals surface area contributed by atoms with Gasteiger partial charge in [0.2, 0.25) is 11.8 Å². The number of hydrogen-bond donors (Lipinski definition) is 2. The van der Waals surface area contributed by atoms with Crippen molar-refractivity contribution in [3.8, 4) is 33.6 Å². The van der Waals surface area contributed by atoms with E-state index in [0.29, 0.717) is 55.3 Å². The Morgan fingerprint density at radius 3 is 1.78 bits per heavy atom. The van der Waals surface area contributed by atoms with Crippen molar-refractivity contribution in [3.63, 3.8) is 0 Å². The van der Waals surface area contributed by atoms with Gasteiger partial charge in [0.05, 0.1) is 30.7 Å². The molecule has 0 aliphatic heterocycles. The van der Waals surface area contributed by atoms with Crippen LogP contribution in [0, 0.1) is 11.8 Å². The fourth-order valence-electron chi connectivity index (χ4n) is 5.45. The Kier molecular flexibility index (Phi) is 12.6. The lowest BCUT2D eigenvalue weighted by Gasteiger charge is -2.22. The topological polar surface area (TPSA) is 98.0 Å². The van der Waals surface area contributed by atoms with Crippen LogP contribution < -0.4 is 0 Å². The number of benzene rings is 2. The average molecular weight is 645 g/mol. The standard InChI is InChI=1S/C37H49ClN6O2/c1-7-9-19-44(35(46)21-26(5)6)23-32-39-22-31(40-32)29-14-10-27(11-15-29)28-12-16-30(17-13-28)36-37(38)42-33(41-36)24-43(18-8-2)34(45)20-25(3)4/h10-17,22,25-26H,7-9,18-21,23-24H2,1-6H3,(H,39,40)(H,41,42). The average Bonchev–Trinajstić information content (AvgIpc) is 3.64. The molecule has 4 aromatic rings. The Labute approximate surface area is 279 Å². The number of aromatic nitrogens is 4. The molecule has 0 aliphatic rings. The van der Waals surface area contributed by atoms with Gasteiger partial charge >= 0.3 is 0 Å². The highest BCUT2D eigenvalue weighted by atomic mass is 35.5. The fourth-order valence-corrected chi connectivity index (χ4v) is 5.70. The number of aromatic amines is 2. The maximum atomic E-state index is 12.8. The molecule has 0 saturated heterocycles. The van der Waals surface area contributed by atoms with Crippen LogP contribution >= 0.6 is 11.6 Å². The normalized spacial score (nSPS) is 11.4. The third-order valence-corrected chi connectivity index (χ3v) is 8.14. The number of carbonyl (C=O) groups excluding carboxylic acids is 2. The SMILES string of the molecule is CCCCN(Cc1ncc(-c2ccc(-c3ccc(-c4[nH]c(CN(CCC)C(=O)CC(C)C)nc4Cl)cc3)cc2)[nH]1)C(=O)CC(C)C. The Morgan fingerprint density at radius 2 is 1.24 bits per heavy atom. The molecule has 0 bridgehead atoms. The molecular formula is C37H49ClN6O2. The summed E-state index contributed by atoms with van der Waals surface area (Å²) in [5, 5.41) is 0.400. The van der Waals surface area contributed by atoms with Gasteiger partial charge in [-0.3, -0.25) is 9.59 Å². The minimum absolute atomic E-state index is 0.136. The maximum Gasteiger partial charge on any atom is 0.223 e. The maximum absolute atomic E-state index is 12.8. The number of hydrogen-bond acceptors (Lipinski definition) is 4. The summed E-state index contributed by atoms with van der Waals surface area (Å²) in [6.07, 6.45) is 5.82. The molecule has 2 aromatic carbocycles. The van der Waals surface area contributed by atoms with Gasteiger partial charge < -0.3 is 19.8 Å². The van der Waals surface area contributed by atoms with Gasteiger partial charge in [0.15, 0.2) is 5.15 Å². The third-order valence-electron chi connectivity index (χ3n) is 7.87. The summed E-state index contributed by atoms with van der Waals surface area (Å²) in [5.41, 5.74) is 5.82. The van der Waals surface area contributed by atoms with Crippen LogP contribution in [0.5, 0.6) is 0 Å². The lowest BCUT2D eigenvalue weighted by Crippen LogP contribution is -2.32. The molecule has 0 unspecified atom stereocenters. The van der Waals surface area contributed by atoms with Crippen LogP contribution in [-0.4, -0.2) is 54.6 Å². The van der Waals surface area contributed by atoms with Gasteiger partial charge in [-0.15, -0.1) is 0 Å². The van der Waals surface area contributed by atoms with E-state index in [0.717, 1.165) is 65.3 Å². The van der Waals surface area contributed by atoms with Crippen LogP contribution in [-0.2, 0) is 22.7 Å². The summed E-state index contributed by atoms with van der Waals surface area (Å²) >= 11 is 6.55. The lowest BCUT2D eigenvalue weighted by atomic mass is 10.0. The zero-order valence-electron chi connectivity index (χ0n) is 28.2. The Morgan fingerprint density at radius 1 is 0.717 bits per heavy atom. The number of nitrogens with zero attached hydrogens (tertiary/aromatic N) is 4. The van der Waals surface area contributed by atoms with Gasteiger partial charge in [0.1, 0.15) is 11.6 Å². The first-order chi connectivity index (χ1) is 22.1. The number of halogens is 1. The molecule has 2 aromatic heterocycles. The van der Waals surface area contributed by atoms with Gasteiger partial charge in [0, 0.05) is 31.5 Å². The second-order valence-corrected chi connectivity index (χ2v) is 13.3. The van der Waals surface area contributed by atoms with E-state index in [2.05, 4.69) is 97.9 Å². The first-order valence-electron chi connectivity index (χ1n) is 16.6. The highest BCUT2D eigenvalue weighted by Crippen LogP contribution is 2.30. The second-order valence-electron chi connectivity index (χ2n) is 12.9. The fraction of sp³-hybridized carbons (Fsp3) is 0.459. The van der Waals surface area contributed by atoms with Gasteiger partial charge in [0.25, 0.3) is 0 Å². The summed E-state index contributed by atoms with van der Waals surface area (Å²) in [5.74, 6) is 2.43. The van der Waals surface area contributed by atoms with Gasteiger partial charge in [-0.2, -0.15) is 0 Å². The highest BCUT2D eigenvalue weighted by Gasteiger charge is 2.19. The highest BCUT2D eigenvalue weighted by molar-refractivity contribution is 6.31. The molecule has 8 nitrogen and oxygen atoms in total. The van der Waals surface area contributed by atoms with E-state index in [9.17, 15) is 9.59 Å². The van der Waals surface area contributed by atoms with E-state index >= 15 is 0 Å². The minimum Gasteiger partial charge on any atom is -0.341 e.